The first kappa shape index (κ1) is 23.4. The van der Waals surface area contributed by atoms with Crippen LogP contribution in [0.25, 0.3) is 0 Å². The minimum Gasteiger partial charge on any atom is -0.493 e. The van der Waals surface area contributed by atoms with E-state index in [1.54, 1.807) is 6.92 Å². The number of nitrogens with zero attached hydrogens (tertiary/aromatic N) is 3. The zero-order chi connectivity index (χ0) is 24.1. The molecule has 0 aromatic heterocycles. The van der Waals surface area contributed by atoms with Crippen molar-refractivity contribution in [1.29, 1.82) is 0 Å². The van der Waals surface area contributed by atoms with Crippen LogP contribution in [0.3, 0.4) is 0 Å². The number of ether oxygens (including phenoxy) is 3. The summed E-state index contributed by atoms with van der Waals surface area (Å²) < 4.78 is 15.5. The Bertz CT molecular complexity index is 1120. The third kappa shape index (κ3) is 5.00. The molecule has 3 rings (SSSR count). The fraction of sp³-hybridized carbons (Fsp3) is 0.333. The minimum absolute atomic E-state index is 0.0776. The van der Waals surface area contributed by atoms with Crippen LogP contribution in [-0.4, -0.2) is 48.6 Å². The van der Waals surface area contributed by atoms with E-state index in [0.717, 1.165) is 12.1 Å². The van der Waals surface area contributed by atoms with Gasteiger partial charge in [-0.05, 0) is 31.4 Å². The predicted octanol–water partition coefficient (Wildman–Crippen LogP) is 3.05. The third-order valence-electron chi connectivity index (χ3n) is 5.02. The van der Waals surface area contributed by atoms with Gasteiger partial charge in [-0.25, -0.2) is 4.79 Å². The molecule has 0 bridgehead atoms. The Morgan fingerprint density at radius 2 is 1.85 bits per heavy atom. The van der Waals surface area contributed by atoms with Crippen molar-refractivity contribution in [2.45, 2.75) is 19.8 Å². The highest BCUT2D eigenvalue weighted by molar-refractivity contribution is 5.99. The summed E-state index contributed by atoms with van der Waals surface area (Å²) in [5, 5.41) is 22.5. The van der Waals surface area contributed by atoms with Gasteiger partial charge < -0.3 is 19.1 Å². The fourth-order valence-corrected chi connectivity index (χ4v) is 3.53. The standard InChI is InChI=1S/C21H21N3O9/c1-3-32-19-11-17(24(29)30)15(10-18(19)31-2)21(26)33-12-20(25)22-8-4-5-13-9-14(23(27)28)6-7-16(13)22/h6-7,9-11H,3-5,8,12H2,1-2H3. The summed E-state index contributed by atoms with van der Waals surface area (Å²) in [7, 11) is 1.32. The van der Waals surface area contributed by atoms with Crippen LogP contribution in [0.1, 0.15) is 29.3 Å². The van der Waals surface area contributed by atoms with Gasteiger partial charge in [0.15, 0.2) is 18.1 Å². The van der Waals surface area contributed by atoms with Crippen LogP contribution in [0.4, 0.5) is 17.1 Å². The SMILES string of the molecule is CCOc1cc([N+](=O)[O-])c(C(=O)OCC(=O)N2CCCc3cc([N+](=O)[O-])ccc32)cc1OC. The van der Waals surface area contributed by atoms with E-state index in [9.17, 15) is 29.8 Å². The molecule has 0 spiro atoms. The van der Waals surface area contributed by atoms with Gasteiger partial charge in [0.05, 0.1) is 29.6 Å². The summed E-state index contributed by atoms with van der Waals surface area (Å²) >= 11 is 0. The van der Waals surface area contributed by atoms with Crippen molar-refractivity contribution < 1.29 is 33.6 Å². The van der Waals surface area contributed by atoms with E-state index in [1.807, 2.05) is 0 Å². The number of esters is 1. The Morgan fingerprint density at radius 3 is 2.48 bits per heavy atom. The van der Waals surface area contributed by atoms with Crippen LogP contribution < -0.4 is 14.4 Å². The summed E-state index contributed by atoms with van der Waals surface area (Å²) in [6.07, 6.45) is 1.15. The Hall–Kier alpha value is -4.22. The molecule has 1 aliphatic heterocycles. The first-order chi connectivity index (χ1) is 15.8. The first-order valence-electron chi connectivity index (χ1n) is 10.0. The van der Waals surface area contributed by atoms with Crippen molar-refractivity contribution in [3.05, 3.63) is 61.7 Å². The van der Waals surface area contributed by atoms with Gasteiger partial charge in [-0.15, -0.1) is 0 Å². The smallest absolute Gasteiger partial charge is 0.345 e. The lowest BCUT2D eigenvalue weighted by atomic mass is 10.0. The number of nitro groups is 2. The van der Waals surface area contributed by atoms with Crippen molar-refractivity contribution in [3.8, 4) is 11.5 Å². The molecule has 0 atom stereocenters. The van der Waals surface area contributed by atoms with E-state index in [0.29, 0.717) is 30.6 Å². The number of fused-ring (bicyclic) bond motifs is 1. The normalized spacial score (nSPS) is 12.5. The molecule has 0 radical (unpaired) electrons. The van der Waals surface area contributed by atoms with E-state index in [1.165, 1.54) is 30.2 Å². The minimum atomic E-state index is -1.07. The highest BCUT2D eigenvalue weighted by atomic mass is 16.6. The molecular formula is C21H21N3O9. The Morgan fingerprint density at radius 1 is 1.09 bits per heavy atom. The molecule has 12 heteroatoms. The Labute approximate surface area is 187 Å². The number of methoxy groups -OCH3 is 1. The number of anilines is 1. The highest BCUT2D eigenvalue weighted by Crippen LogP contribution is 2.35. The van der Waals surface area contributed by atoms with E-state index in [2.05, 4.69) is 0 Å². The number of carbonyl (C=O) groups is 2. The van der Waals surface area contributed by atoms with Crippen molar-refractivity contribution in [2.24, 2.45) is 0 Å². The third-order valence-corrected chi connectivity index (χ3v) is 5.02. The van der Waals surface area contributed by atoms with Crippen molar-refractivity contribution in [1.82, 2.24) is 0 Å². The van der Waals surface area contributed by atoms with Crippen LogP contribution in [0.5, 0.6) is 11.5 Å². The molecule has 2 aromatic carbocycles. The molecule has 1 heterocycles. The van der Waals surface area contributed by atoms with E-state index >= 15 is 0 Å². The molecular weight excluding hydrogens is 438 g/mol. The van der Waals surface area contributed by atoms with E-state index in [4.69, 9.17) is 14.2 Å². The van der Waals surface area contributed by atoms with Crippen LogP contribution in [0.2, 0.25) is 0 Å². The molecule has 1 aliphatic rings. The second-order valence-corrected chi connectivity index (χ2v) is 7.01. The van der Waals surface area contributed by atoms with Gasteiger partial charge in [0, 0.05) is 30.4 Å². The maximum Gasteiger partial charge on any atom is 0.345 e. The van der Waals surface area contributed by atoms with Crippen molar-refractivity contribution >= 4 is 28.9 Å². The van der Waals surface area contributed by atoms with Gasteiger partial charge in [-0.2, -0.15) is 0 Å². The molecule has 12 nitrogen and oxygen atoms in total. The van der Waals surface area contributed by atoms with Crippen LogP contribution in [-0.2, 0) is 16.0 Å². The number of carbonyl (C=O) groups excluding carboxylic acids is 2. The summed E-state index contributed by atoms with van der Waals surface area (Å²) in [6.45, 7) is 1.60. The Balaban J connectivity index is 1.78. The van der Waals surface area contributed by atoms with Crippen molar-refractivity contribution in [2.75, 3.05) is 31.8 Å². The number of rotatable bonds is 8. The quantitative estimate of drug-likeness (QED) is 0.329. The van der Waals surface area contributed by atoms with Gasteiger partial charge in [0.2, 0.25) is 0 Å². The molecule has 1 amide bonds. The highest BCUT2D eigenvalue weighted by Gasteiger charge is 2.29. The fourth-order valence-electron chi connectivity index (χ4n) is 3.53. The maximum atomic E-state index is 12.7. The lowest BCUT2D eigenvalue weighted by Crippen LogP contribution is -2.38. The molecule has 0 N–H and O–H groups in total. The number of benzene rings is 2. The molecule has 174 valence electrons. The van der Waals surface area contributed by atoms with Crippen LogP contribution in [0.15, 0.2) is 30.3 Å². The zero-order valence-corrected chi connectivity index (χ0v) is 17.9. The molecule has 0 saturated carbocycles. The van der Waals surface area contributed by atoms with Crippen molar-refractivity contribution in [3.63, 3.8) is 0 Å². The first-order valence-corrected chi connectivity index (χ1v) is 10.0. The number of hydrogen-bond donors (Lipinski definition) is 0. The summed E-state index contributed by atoms with van der Waals surface area (Å²) in [5.74, 6) is -1.43. The maximum absolute atomic E-state index is 12.7. The Kier molecular flexibility index (Phi) is 7.06. The van der Waals surface area contributed by atoms with Gasteiger partial charge in [0.1, 0.15) is 5.56 Å². The topological polar surface area (TPSA) is 151 Å². The number of hydrogen-bond acceptors (Lipinski definition) is 9. The number of aryl methyl sites for hydroxylation is 1. The monoisotopic (exact) mass is 459 g/mol. The number of nitro benzene ring substituents is 2. The number of non-ortho nitro benzene ring substituents is 1. The number of amides is 1. The second-order valence-electron chi connectivity index (χ2n) is 7.01. The summed E-state index contributed by atoms with van der Waals surface area (Å²) in [4.78, 5) is 47.9. The van der Waals surface area contributed by atoms with Gasteiger partial charge in [0.25, 0.3) is 17.3 Å². The van der Waals surface area contributed by atoms with E-state index < -0.39 is 34.0 Å². The lowest BCUT2D eigenvalue weighted by molar-refractivity contribution is -0.385. The molecule has 0 aliphatic carbocycles. The molecule has 33 heavy (non-hydrogen) atoms. The zero-order valence-electron chi connectivity index (χ0n) is 17.9. The van der Waals surface area contributed by atoms with Gasteiger partial charge in [-0.1, -0.05) is 0 Å². The lowest BCUT2D eigenvalue weighted by Gasteiger charge is -2.29. The molecule has 0 saturated heterocycles. The van der Waals surface area contributed by atoms with Gasteiger partial charge in [-0.3, -0.25) is 25.0 Å². The van der Waals surface area contributed by atoms with E-state index in [-0.39, 0.29) is 29.4 Å². The molecule has 0 fully saturated rings. The second kappa shape index (κ2) is 9.94. The predicted molar refractivity (Wildman–Crippen MR) is 115 cm³/mol. The largest absolute Gasteiger partial charge is 0.493 e. The average molecular weight is 459 g/mol. The molecule has 0 unspecified atom stereocenters. The van der Waals surface area contributed by atoms with Crippen LogP contribution in [0, 0.1) is 20.2 Å². The van der Waals surface area contributed by atoms with Crippen LogP contribution >= 0.6 is 0 Å². The molecule has 2 aromatic rings. The summed E-state index contributed by atoms with van der Waals surface area (Å²) in [6, 6.07) is 6.39. The average Bonchev–Trinajstić information content (AvgIpc) is 2.81. The summed E-state index contributed by atoms with van der Waals surface area (Å²) in [5.41, 5.74) is 0.130. The van der Waals surface area contributed by atoms with Gasteiger partial charge >= 0.3 is 5.97 Å².